The third-order valence-electron chi connectivity index (χ3n) is 6.60. The van der Waals surface area contributed by atoms with Gasteiger partial charge in [-0.05, 0) is 37.5 Å². The Kier molecular flexibility index (Phi) is 7.80. The highest BCUT2D eigenvalue weighted by atomic mass is 35.5. The fourth-order valence-electron chi connectivity index (χ4n) is 4.54. The minimum absolute atomic E-state index is 0.177. The molecule has 0 spiro atoms. The first-order valence-electron chi connectivity index (χ1n) is 11.7. The molecule has 2 fully saturated rings. The number of methoxy groups -OCH3 is 1. The Morgan fingerprint density at radius 1 is 1.40 bits per heavy atom. The van der Waals surface area contributed by atoms with Crippen LogP contribution < -0.4 is 20.3 Å². The molecule has 2 aliphatic carbocycles. The minimum Gasteiger partial charge on any atom is -0.480 e. The summed E-state index contributed by atoms with van der Waals surface area (Å²) in [6, 6.07) is 3.20. The van der Waals surface area contributed by atoms with E-state index in [0.29, 0.717) is 34.4 Å². The van der Waals surface area contributed by atoms with Crippen LogP contribution in [0.1, 0.15) is 56.4 Å². The standard InChI is InChI=1S/C24H29ClF2N4O3S/c1-14(29-17-10-16(25)12-28-23(17)34-2)19-7-8-21(35-19)31(13-32)18(9-15-5-3-4-6-15)22(33)30-20-11-24(20,26)27/h7-8,10,12-15,18,20,29H,3-6,9,11H2,1-2H3,(H,30,33)/t14-,18-,20+/m0/s1. The van der Waals surface area contributed by atoms with E-state index in [0.717, 1.165) is 30.6 Å². The third-order valence-corrected chi connectivity index (χ3v) is 8.09. The van der Waals surface area contributed by atoms with E-state index in [1.54, 1.807) is 12.1 Å². The lowest BCUT2D eigenvalue weighted by Gasteiger charge is -2.28. The summed E-state index contributed by atoms with van der Waals surface area (Å²) in [5, 5.41) is 6.81. The van der Waals surface area contributed by atoms with Gasteiger partial charge in [0.15, 0.2) is 0 Å². The highest BCUT2D eigenvalue weighted by molar-refractivity contribution is 7.16. The molecule has 0 saturated heterocycles. The normalized spacial score (nSPS) is 20.7. The number of nitrogens with one attached hydrogen (secondary N) is 2. The molecule has 2 saturated carbocycles. The molecule has 2 aromatic heterocycles. The van der Waals surface area contributed by atoms with Gasteiger partial charge >= 0.3 is 0 Å². The number of hydrogen-bond acceptors (Lipinski definition) is 6. The van der Waals surface area contributed by atoms with Gasteiger partial charge in [0, 0.05) is 17.5 Å². The number of carbonyl (C=O) groups excluding carboxylic acids is 2. The number of carbonyl (C=O) groups is 2. The fourth-order valence-corrected chi connectivity index (χ4v) is 5.72. The highest BCUT2D eigenvalue weighted by Crippen LogP contribution is 2.42. The first kappa shape index (κ1) is 25.6. The quantitative estimate of drug-likeness (QED) is 0.382. The fraction of sp³-hybridized carbons (Fsp3) is 0.542. The molecule has 2 aliphatic rings. The first-order valence-corrected chi connectivity index (χ1v) is 12.9. The van der Waals surface area contributed by atoms with Gasteiger partial charge in [-0.15, -0.1) is 11.3 Å². The van der Waals surface area contributed by atoms with Crippen LogP contribution in [0.5, 0.6) is 5.88 Å². The summed E-state index contributed by atoms with van der Waals surface area (Å²) >= 11 is 7.43. The average molecular weight is 527 g/mol. The van der Waals surface area contributed by atoms with E-state index in [1.807, 2.05) is 13.0 Å². The van der Waals surface area contributed by atoms with E-state index in [4.69, 9.17) is 16.3 Å². The number of anilines is 2. The van der Waals surface area contributed by atoms with Crippen molar-refractivity contribution in [1.29, 1.82) is 0 Å². The summed E-state index contributed by atoms with van der Waals surface area (Å²) < 4.78 is 32.2. The van der Waals surface area contributed by atoms with Gasteiger partial charge in [-0.1, -0.05) is 37.3 Å². The first-order chi connectivity index (χ1) is 16.7. The summed E-state index contributed by atoms with van der Waals surface area (Å²) in [5.74, 6) is -2.71. The van der Waals surface area contributed by atoms with Crippen LogP contribution in [-0.4, -0.2) is 42.4 Å². The van der Waals surface area contributed by atoms with Crippen LogP contribution in [0.25, 0.3) is 0 Å². The maximum Gasteiger partial charge on any atom is 0.270 e. The number of halogens is 3. The van der Waals surface area contributed by atoms with Crippen molar-refractivity contribution in [3.8, 4) is 5.88 Å². The largest absolute Gasteiger partial charge is 0.480 e. The zero-order valence-electron chi connectivity index (χ0n) is 19.6. The molecule has 2 amide bonds. The monoisotopic (exact) mass is 526 g/mol. The molecule has 0 aromatic carbocycles. The summed E-state index contributed by atoms with van der Waals surface area (Å²) in [6.45, 7) is 1.94. The molecule has 7 nitrogen and oxygen atoms in total. The molecule has 0 aliphatic heterocycles. The zero-order chi connectivity index (χ0) is 25.2. The number of pyridine rings is 1. The van der Waals surface area contributed by atoms with Crippen molar-refractivity contribution in [1.82, 2.24) is 10.3 Å². The Morgan fingerprint density at radius 2 is 2.11 bits per heavy atom. The van der Waals surface area contributed by atoms with Crippen molar-refractivity contribution in [3.05, 3.63) is 34.3 Å². The number of nitrogens with zero attached hydrogens (tertiary/aromatic N) is 2. The second-order valence-corrected chi connectivity index (χ2v) is 10.7. The predicted octanol–water partition coefficient (Wildman–Crippen LogP) is 5.41. The lowest BCUT2D eigenvalue weighted by molar-refractivity contribution is -0.125. The lowest BCUT2D eigenvalue weighted by atomic mass is 9.97. The number of ether oxygens (including phenoxy) is 1. The van der Waals surface area contributed by atoms with Crippen LogP contribution in [0.15, 0.2) is 24.4 Å². The number of hydrogen-bond donors (Lipinski definition) is 2. The summed E-state index contributed by atoms with van der Waals surface area (Å²) in [6.07, 6.45) is 6.32. The van der Waals surface area contributed by atoms with E-state index in [1.165, 1.54) is 29.5 Å². The van der Waals surface area contributed by atoms with E-state index in [-0.39, 0.29) is 18.4 Å². The molecule has 4 rings (SSSR count). The molecule has 0 bridgehead atoms. The third kappa shape index (κ3) is 6.03. The minimum atomic E-state index is -2.87. The van der Waals surface area contributed by atoms with Gasteiger partial charge in [0.1, 0.15) is 6.04 Å². The average Bonchev–Trinajstić information content (AvgIpc) is 3.25. The Balaban J connectivity index is 1.52. The molecule has 2 N–H and O–H groups in total. The number of aromatic nitrogens is 1. The van der Waals surface area contributed by atoms with Crippen molar-refractivity contribution in [3.63, 3.8) is 0 Å². The highest BCUT2D eigenvalue weighted by Gasteiger charge is 2.58. The van der Waals surface area contributed by atoms with Crippen molar-refractivity contribution >= 4 is 45.9 Å². The van der Waals surface area contributed by atoms with E-state index < -0.39 is 23.9 Å². The van der Waals surface area contributed by atoms with Crippen LogP contribution in [0.2, 0.25) is 5.02 Å². The SMILES string of the molecule is COc1ncc(Cl)cc1N[C@@H](C)c1ccc(N(C=O)[C@@H](CC2CCCC2)C(=O)N[C@@H]2CC2(F)F)s1. The predicted molar refractivity (Wildman–Crippen MR) is 133 cm³/mol. The Hall–Kier alpha value is -2.46. The van der Waals surface area contributed by atoms with Gasteiger partial charge in [0.05, 0.1) is 34.9 Å². The topological polar surface area (TPSA) is 83.6 Å². The Bertz CT molecular complexity index is 1060. The Morgan fingerprint density at radius 3 is 2.74 bits per heavy atom. The van der Waals surface area contributed by atoms with Crippen LogP contribution >= 0.6 is 22.9 Å². The second kappa shape index (κ2) is 10.7. The molecule has 190 valence electrons. The van der Waals surface area contributed by atoms with Crippen molar-refractivity contribution in [2.45, 2.75) is 69.5 Å². The van der Waals surface area contributed by atoms with Gasteiger partial charge in [-0.2, -0.15) is 0 Å². The van der Waals surface area contributed by atoms with Gasteiger partial charge in [0.2, 0.25) is 18.2 Å². The van der Waals surface area contributed by atoms with Crippen molar-refractivity contribution < 1.29 is 23.1 Å². The van der Waals surface area contributed by atoms with Crippen LogP contribution in [0.4, 0.5) is 19.5 Å². The number of rotatable bonds is 11. The summed E-state index contributed by atoms with van der Waals surface area (Å²) in [4.78, 5) is 31.7. The summed E-state index contributed by atoms with van der Waals surface area (Å²) in [7, 11) is 1.52. The van der Waals surface area contributed by atoms with Gasteiger partial charge in [0.25, 0.3) is 5.92 Å². The molecule has 35 heavy (non-hydrogen) atoms. The molecular weight excluding hydrogens is 498 g/mol. The summed E-state index contributed by atoms with van der Waals surface area (Å²) in [5.41, 5.74) is 0.624. The second-order valence-electron chi connectivity index (χ2n) is 9.19. The maximum atomic E-state index is 13.5. The van der Waals surface area contributed by atoms with E-state index >= 15 is 0 Å². The number of amides is 2. The van der Waals surface area contributed by atoms with Gasteiger partial charge in [-0.3, -0.25) is 14.5 Å². The smallest absolute Gasteiger partial charge is 0.270 e. The molecule has 11 heteroatoms. The molecular formula is C24H29ClF2N4O3S. The van der Waals surface area contributed by atoms with E-state index in [2.05, 4.69) is 15.6 Å². The molecule has 3 atom stereocenters. The van der Waals surface area contributed by atoms with Crippen molar-refractivity contribution in [2.24, 2.45) is 5.92 Å². The number of thiophene rings is 1. The molecule has 2 aromatic rings. The molecule has 0 unspecified atom stereocenters. The lowest BCUT2D eigenvalue weighted by Crippen LogP contribution is -2.48. The number of alkyl halides is 2. The van der Waals surface area contributed by atoms with Crippen LogP contribution in [-0.2, 0) is 9.59 Å². The van der Waals surface area contributed by atoms with E-state index in [9.17, 15) is 18.4 Å². The van der Waals surface area contributed by atoms with Crippen LogP contribution in [0.3, 0.4) is 0 Å². The maximum absolute atomic E-state index is 13.5. The van der Waals surface area contributed by atoms with Crippen molar-refractivity contribution in [2.75, 3.05) is 17.3 Å². The van der Waals surface area contributed by atoms with Crippen LogP contribution in [0, 0.1) is 5.92 Å². The molecule has 2 heterocycles. The van der Waals surface area contributed by atoms with Gasteiger partial charge in [-0.25, -0.2) is 13.8 Å². The zero-order valence-corrected chi connectivity index (χ0v) is 21.2. The Labute approximate surface area is 212 Å². The molecule has 0 radical (unpaired) electrons. The van der Waals surface area contributed by atoms with Gasteiger partial charge < -0.3 is 15.4 Å².